The molecule has 0 spiro atoms. The van der Waals surface area contributed by atoms with Crippen LogP contribution in [-0.4, -0.2) is 48.0 Å². The topological polar surface area (TPSA) is 137 Å². The Kier molecular flexibility index (Phi) is 3.02. The predicted molar refractivity (Wildman–Crippen MR) is 68.9 cm³/mol. The third kappa shape index (κ3) is 1.77. The van der Waals surface area contributed by atoms with Gasteiger partial charge in [0, 0.05) is 5.92 Å². The van der Waals surface area contributed by atoms with E-state index in [1.807, 2.05) is 6.07 Å². The lowest BCUT2D eigenvalue weighted by Gasteiger charge is -2.21. The number of H-pyrrole nitrogens is 1. The number of rotatable bonds is 2. The van der Waals surface area contributed by atoms with Gasteiger partial charge in [0.25, 0.3) is 5.56 Å². The number of aromatic amines is 1. The van der Waals surface area contributed by atoms with Crippen molar-refractivity contribution in [2.45, 2.75) is 24.9 Å². The number of imidazole rings is 1. The monoisotopic (exact) mass is 291 g/mol. The molecule has 9 heteroatoms. The summed E-state index contributed by atoms with van der Waals surface area (Å²) < 4.78 is 7.05. The van der Waals surface area contributed by atoms with Crippen LogP contribution in [0.3, 0.4) is 0 Å². The SMILES string of the molecule is C[C@@H]1[C@@H](n2cnc3c(=O)[nH]cnc32)O[C@](C#N)(CO)[C@H]1O. The van der Waals surface area contributed by atoms with E-state index in [4.69, 9.17) is 4.74 Å². The quantitative estimate of drug-likeness (QED) is 0.638. The molecule has 21 heavy (non-hydrogen) atoms. The van der Waals surface area contributed by atoms with E-state index in [1.54, 1.807) is 6.92 Å². The zero-order valence-corrected chi connectivity index (χ0v) is 11.1. The van der Waals surface area contributed by atoms with Gasteiger partial charge < -0.3 is 19.9 Å². The van der Waals surface area contributed by atoms with E-state index in [9.17, 15) is 20.3 Å². The van der Waals surface area contributed by atoms with Crippen molar-refractivity contribution in [1.29, 1.82) is 5.26 Å². The van der Waals surface area contributed by atoms with E-state index in [-0.39, 0.29) is 11.2 Å². The minimum Gasteiger partial charge on any atom is -0.392 e. The second kappa shape index (κ2) is 4.63. The summed E-state index contributed by atoms with van der Waals surface area (Å²) in [6.45, 7) is 1.05. The van der Waals surface area contributed by atoms with E-state index in [0.717, 1.165) is 0 Å². The second-order valence-electron chi connectivity index (χ2n) is 5.03. The zero-order valence-electron chi connectivity index (χ0n) is 11.1. The highest BCUT2D eigenvalue weighted by molar-refractivity contribution is 5.68. The first-order valence-electron chi connectivity index (χ1n) is 6.32. The van der Waals surface area contributed by atoms with Crippen LogP contribution >= 0.6 is 0 Å². The van der Waals surface area contributed by atoms with Gasteiger partial charge in [-0.1, -0.05) is 6.92 Å². The minimum absolute atomic E-state index is 0.140. The molecule has 2 aromatic heterocycles. The molecule has 0 saturated carbocycles. The fourth-order valence-electron chi connectivity index (χ4n) is 2.59. The van der Waals surface area contributed by atoms with E-state index in [1.165, 1.54) is 17.2 Å². The molecule has 0 amide bonds. The van der Waals surface area contributed by atoms with Crippen LogP contribution in [0, 0.1) is 17.2 Å². The number of nitriles is 1. The Morgan fingerprint density at radius 1 is 1.62 bits per heavy atom. The van der Waals surface area contributed by atoms with Crippen molar-refractivity contribution in [3.05, 3.63) is 23.0 Å². The largest absolute Gasteiger partial charge is 0.392 e. The van der Waals surface area contributed by atoms with Crippen molar-refractivity contribution in [2.24, 2.45) is 5.92 Å². The number of fused-ring (bicyclic) bond motifs is 1. The Labute approximate surface area is 118 Å². The fraction of sp³-hybridized carbons (Fsp3) is 0.500. The maximum atomic E-state index is 11.6. The fourth-order valence-corrected chi connectivity index (χ4v) is 2.59. The van der Waals surface area contributed by atoms with Crippen LogP contribution < -0.4 is 5.56 Å². The van der Waals surface area contributed by atoms with E-state index in [0.29, 0.717) is 0 Å². The number of hydrogen-bond donors (Lipinski definition) is 3. The second-order valence-corrected chi connectivity index (χ2v) is 5.03. The molecule has 1 aliphatic rings. The van der Waals surface area contributed by atoms with Crippen LogP contribution in [-0.2, 0) is 4.74 Å². The van der Waals surface area contributed by atoms with Gasteiger partial charge in [-0.25, -0.2) is 9.97 Å². The average molecular weight is 291 g/mol. The highest BCUT2D eigenvalue weighted by Crippen LogP contribution is 2.41. The van der Waals surface area contributed by atoms with Gasteiger partial charge in [0.2, 0.25) is 5.60 Å². The Balaban J connectivity index is 2.10. The Hall–Kier alpha value is -2.28. The third-order valence-corrected chi connectivity index (χ3v) is 3.82. The maximum absolute atomic E-state index is 11.6. The van der Waals surface area contributed by atoms with Crippen molar-refractivity contribution in [2.75, 3.05) is 6.61 Å². The lowest BCUT2D eigenvalue weighted by molar-refractivity contribution is -0.0909. The lowest BCUT2D eigenvalue weighted by atomic mass is 9.92. The summed E-state index contributed by atoms with van der Waals surface area (Å²) in [4.78, 5) is 22.1. The van der Waals surface area contributed by atoms with Crippen molar-refractivity contribution in [1.82, 2.24) is 19.5 Å². The first kappa shape index (κ1) is 13.7. The Morgan fingerprint density at radius 3 is 3.00 bits per heavy atom. The van der Waals surface area contributed by atoms with E-state index < -0.39 is 36.0 Å². The van der Waals surface area contributed by atoms with Crippen LogP contribution in [0.5, 0.6) is 0 Å². The van der Waals surface area contributed by atoms with Crippen LogP contribution in [0.2, 0.25) is 0 Å². The van der Waals surface area contributed by atoms with Crippen LogP contribution in [0.25, 0.3) is 11.2 Å². The maximum Gasteiger partial charge on any atom is 0.278 e. The number of aliphatic hydroxyl groups excluding tert-OH is 2. The van der Waals surface area contributed by atoms with Crippen molar-refractivity contribution in [3.63, 3.8) is 0 Å². The summed E-state index contributed by atoms with van der Waals surface area (Å²) in [7, 11) is 0. The standard InChI is InChI=1S/C12H13N5O4/c1-6-8(19)12(2-13,3-18)21-11(6)17-5-16-7-9(17)14-4-15-10(7)20/h4-6,8,11,18-19H,3H2,1H3,(H,14,15,20)/t6-,8-,11-,12+/m0/s1. The molecule has 110 valence electrons. The summed E-state index contributed by atoms with van der Waals surface area (Å²) in [6, 6.07) is 1.81. The molecule has 9 nitrogen and oxygen atoms in total. The Bertz CT molecular complexity index is 778. The van der Waals surface area contributed by atoms with Gasteiger partial charge in [-0.2, -0.15) is 5.26 Å². The van der Waals surface area contributed by atoms with Gasteiger partial charge in [-0.05, 0) is 0 Å². The molecular formula is C12H13N5O4. The van der Waals surface area contributed by atoms with Crippen LogP contribution in [0.15, 0.2) is 17.4 Å². The molecular weight excluding hydrogens is 278 g/mol. The van der Waals surface area contributed by atoms with Gasteiger partial charge >= 0.3 is 0 Å². The molecule has 0 aliphatic carbocycles. The van der Waals surface area contributed by atoms with Crippen molar-refractivity contribution < 1.29 is 14.9 Å². The van der Waals surface area contributed by atoms with Gasteiger partial charge in [-0.15, -0.1) is 0 Å². The van der Waals surface area contributed by atoms with Crippen molar-refractivity contribution in [3.8, 4) is 6.07 Å². The number of hydrogen-bond acceptors (Lipinski definition) is 7. The van der Waals surface area contributed by atoms with Crippen LogP contribution in [0.4, 0.5) is 0 Å². The average Bonchev–Trinajstić information content (AvgIpc) is 3.02. The summed E-state index contributed by atoms with van der Waals surface area (Å²) in [5, 5.41) is 28.7. The lowest BCUT2D eigenvalue weighted by Crippen LogP contribution is -2.43. The molecule has 3 heterocycles. The molecule has 0 unspecified atom stereocenters. The first-order valence-corrected chi connectivity index (χ1v) is 6.32. The molecule has 2 aromatic rings. The van der Waals surface area contributed by atoms with E-state index >= 15 is 0 Å². The van der Waals surface area contributed by atoms with Gasteiger partial charge in [0.15, 0.2) is 11.2 Å². The van der Waals surface area contributed by atoms with Gasteiger partial charge in [0.1, 0.15) is 18.4 Å². The molecule has 0 bridgehead atoms. The normalized spacial score (nSPS) is 32.4. The number of ether oxygens (including phenoxy) is 1. The predicted octanol–water partition coefficient (Wildman–Crippen LogP) is -1.10. The molecule has 1 fully saturated rings. The third-order valence-electron chi connectivity index (χ3n) is 3.82. The number of nitrogens with one attached hydrogen (secondary N) is 1. The zero-order chi connectivity index (χ0) is 15.2. The summed E-state index contributed by atoms with van der Waals surface area (Å²) >= 11 is 0. The Morgan fingerprint density at radius 2 is 2.38 bits per heavy atom. The molecule has 0 radical (unpaired) electrons. The molecule has 4 atom stereocenters. The van der Waals surface area contributed by atoms with Crippen LogP contribution in [0.1, 0.15) is 13.2 Å². The van der Waals surface area contributed by atoms with E-state index in [2.05, 4.69) is 15.0 Å². The molecule has 0 aromatic carbocycles. The smallest absolute Gasteiger partial charge is 0.278 e. The molecule has 3 rings (SSSR count). The van der Waals surface area contributed by atoms with Gasteiger partial charge in [0.05, 0.1) is 19.3 Å². The summed E-state index contributed by atoms with van der Waals surface area (Å²) in [6.07, 6.45) is 0.678. The van der Waals surface area contributed by atoms with Gasteiger partial charge in [-0.3, -0.25) is 9.36 Å². The number of nitrogens with zero attached hydrogens (tertiary/aromatic N) is 4. The summed E-state index contributed by atoms with van der Waals surface area (Å²) in [5.41, 5.74) is -1.66. The highest BCUT2D eigenvalue weighted by atomic mass is 16.6. The number of aliphatic hydroxyl groups is 2. The minimum atomic E-state index is -1.69. The molecule has 1 aliphatic heterocycles. The molecule has 1 saturated heterocycles. The molecule has 3 N–H and O–H groups in total. The van der Waals surface area contributed by atoms with Crippen molar-refractivity contribution >= 4 is 11.2 Å². The number of aromatic nitrogens is 4. The highest BCUT2D eigenvalue weighted by Gasteiger charge is 2.54. The summed E-state index contributed by atoms with van der Waals surface area (Å²) in [5.74, 6) is -0.490. The first-order chi connectivity index (χ1) is 10.0.